The smallest absolute Gasteiger partial charge is 0.252 e. The molecule has 0 radical (unpaired) electrons. The first-order chi connectivity index (χ1) is 8.59. The average molecular weight is 244 g/mol. The van der Waals surface area contributed by atoms with Crippen molar-refractivity contribution < 1.29 is 9.59 Å². The van der Waals surface area contributed by atoms with Crippen LogP contribution in [0.15, 0.2) is 24.3 Å². The summed E-state index contributed by atoms with van der Waals surface area (Å²) in [6, 6.07) is 8.08. The quantitative estimate of drug-likeness (QED) is 0.697. The van der Waals surface area contributed by atoms with Gasteiger partial charge in [-0.1, -0.05) is 18.2 Å². The number of carbonyl (C=O) groups excluding carboxylic acids is 2. The SMILES string of the molecule is CC1Cc2ccccc2N1C1CC(=O)N(C)C1=O. The number of hydrogen-bond acceptors (Lipinski definition) is 3. The van der Waals surface area contributed by atoms with Crippen LogP contribution in [0.5, 0.6) is 0 Å². The van der Waals surface area contributed by atoms with Gasteiger partial charge in [0.15, 0.2) is 0 Å². The molecule has 0 spiro atoms. The summed E-state index contributed by atoms with van der Waals surface area (Å²) in [7, 11) is 1.57. The Kier molecular flexibility index (Phi) is 2.40. The molecular weight excluding hydrogens is 228 g/mol. The summed E-state index contributed by atoms with van der Waals surface area (Å²) in [6.45, 7) is 2.11. The first-order valence-electron chi connectivity index (χ1n) is 6.26. The maximum atomic E-state index is 12.1. The molecule has 94 valence electrons. The highest BCUT2D eigenvalue weighted by Crippen LogP contribution is 2.36. The lowest BCUT2D eigenvalue weighted by Gasteiger charge is -2.29. The molecule has 2 unspecified atom stereocenters. The summed E-state index contributed by atoms with van der Waals surface area (Å²) in [4.78, 5) is 27.1. The van der Waals surface area contributed by atoms with Crippen LogP contribution >= 0.6 is 0 Å². The van der Waals surface area contributed by atoms with Crippen LogP contribution < -0.4 is 4.90 Å². The standard InChI is InChI=1S/C14H16N2O2/c1-9-7-10-5-3-4-6-11(10)16(9)12-8-13(17)15(2)14(12)18/h3-6,9,12H,7-8H2,1-2H3. The monoisotopic (exact) mass is 244 g/mol. The third-order valence-electron chi connectivity index (χ3n) is 3.95. The van der Waals surface area contributed by atoms with Gasteiger partial charge in [0.05, 0.1) is 6.42 Å². The van der Waals surface area contributed by atoms with Gasteiger partial charge in [0.1, 0.15) is 6.04 Å². The molecule has 2 amide bonds. The molecule has 4 heteroatoms. The predicted octanol–water partition coefficient (Wildman–Crippen LogP) is 1.19. The van der Waals surface area contributed by atoms with Gasteiger partial charge >= 0.3 is 0 Å². The molecule has 0 saturated carbocycles. The number of imide groups is 1. The zero-order chi connectivity index (χ0) is 12.9. The van der Waals surface area contributed by atoms with Crippen LogP contribution in [0.4, 0.5) is 5.69 Å². The average Bonchev–Trinajstić information content (AvgIpc) is 2.80. The molecule has 1 saturated heterocycles. The van der Waals surface area contributed by atoms with Crippen LogP contribution in [0.1, 0.15) is 18.9 Å². The highest BCUT2D eigenvalue weighted by molar-refractivity contribution is 6.07. The Morgan fingerprint density at radius 2 is 1.89 bits per heavy atom. The van der Waals surface area contributed by atoms with E-state index in [4.69, 9.17) is 0 Å². The summed E-state index contributed by atoms with van der Waals surface area (Å²) in [5, 5.41) is 0. The van der Waals surface area contributed by atoms with Gasteiger partial charge in [0, 0.05) is 18.8 Å². The highest BCUT2D eigenvalue weighted by atomic mass is 16.2. The van der Waals surface area contributed by atoms with Crippen molar-refractivity contribution in [3.05, 3.63) is 29.8 Å². The van der Waals surface area contributed by atoms with Crippen molar-refractivity contribution >= 4 is 17.5 Å². The first-order valence-corrected chi connectivity index (χ1v) is 6.26. The van der Waals surface area contributed by atoms with Crippen LogP contribution in [0.2, 0.25) is 0 Å². The number of hydrogen-bond donors (Lipinski definition) is 0. The Morgan fingerprint density at radius 3 is 2.56 bits per heavy atom. The van der Waals surface area contributed by atoms with E-state index >= 15 is 0 Å². The predicted molar refractivity (Wildman–Crippen MR) is 68.3 cm³/mol. The number of amides is 2. The maximum absolute atomic E-state index is 12.1. The molecule has 2 atom stereocenters. The largest absolute Gasteiger partial charge is 0.356 e. The molecule has 18 heavy (non-hydrogen) atoms. The van der Waals surface area contributed by atoms with Crippen LogP contribution in [0.25, 0.3) is 0 Å². The van der Waals surface area contributed by atoms with Crippen molar-refractivity contribution in [1.29, 1.82) is 0 Å². The number of likely N-dealkylation sites (tertiary alicyclic amines) is 1. The molecule has 3 rings (SSSR count). The molecule has 0 aliphatic carbocycles. The fourth-order valence-corrected chi connectivity index (χ4v) is 3.02. The molecule has 1 fully saturated rings. The number of likely N-dealkylation sites (N-methyl/N-ethyl adjacent to an activating group) is 1. The van der Waals surface area contributed by atoms with Gasteiger partial charge in [-0.2, -0.15) is 0 Å². The highest BCUT2D eigenvalue weighted by Gasteiger charge is 2.43. The van der Waals surface area contributed by atoms with Crippen LogP contribution in [0.3, 0.4) is 0 Å². The minimum atomic E-state index is -0.318. The van der Waals surface area contributed by atoms with Gasteiger partial charge in [-0.25, -0.2) is 0 Å². The van der Waals surface area contributed by atoms with E-state index < -0.39 is 0 Å². The van der Waals surface area contributed by atoms with Gasteiger partial charge in [-0.05, 0) is 25.0 Å². The summed E-state index contributed by atoms with van der Waals surface area (Å²) < 4.78 is 0. The Labute approximate surface area is 106 Å². The van der Waals surface area contributed by atoms with Gasteiger partial charge < -0.3 is 4.90 Å². The van der Waals surface area contributed by atoms with Gasteiger partial charge in [-0.3, -0.25) is 14.5 Å². The summed E-state index contributed by atoms with van der Waals surface area (Å²) >= 11 is 0. The zero-order valence-electron chi connectivity index (χ0n) is 10.6. The van der Waals surface area contributed by atoms with Crippen molar-refractivity contribution in [2.45, 2.75) is 31.8 Å². The van der Waals surface area contributed by atoms with E-state index in [-0.39, 0.29) is 23.9 Å². The second-order valence-corrected chi connectivity index (χ2v) is 5.10. The van der Waals surface area contributed by atoms with Gasteiger partial charge in [0.25, 0.3) is 5.91 Å². The molecule has 2 aliphatic rings. The number of fused-ring (bicyclic) bond motifs is 1. The normalized spacial score (nSPS) is 27.0. The minimum absolute atomic E-state index is 0.0800. The fraction of sp³-hybridized carbons (Fsp3) is 0.429. The van der Waals surface area contributed by atoms with Crippen molar-refractivity contribution in [1.82, 2.24) is 4.90 Å². The summed E-state index contributed by atoms with van der Waals surface area (Å²) in [5.41, 5.74) is 2.37. The zero-order valence-corrected chi connectivity index (χ0v) is 10.6. The van der Waals surface area contributed by atoms with E-state index in [0.717, 1.165) is 12.1 Å². The fourth-order valence-electron chi connectivity index (χ4n) is 3.02. The Hall–Kier alpha value is -1.84. The molecular formula is C14H16N2O2. The van der Waals surface area contributed by atoms with Crippen molar-refractivity contribution in [2.24, 2.45) is 0 Å². The van der Waals surface area contributed by atoms with E-state index in [9.17, 15) is 9.59 Å². The third-order valence-corrected chi connectivity index (χ3v) is 3.95. The van der Waals surface area contributed by atoms with E-state index in [1.807, 2.05) is 18.2 Å². The molecule has 0 N–H and O–H groups in total. The first kappa shape index (κ1) is 11.3. The lowest BCUT2D eigenvalue weighted by molar-refractivity contribution is -0.137. The topological polar surface area (TPSA) is 40.6 Å². The van der Waals surface area contributed by atoms with Crippen molar-refractivity contribution in [2.75, 3.05) is 11.9 Å². The number of para-hydroxylation sites is 1. The summed E-state index contributed by atoms with van der Waals surface area (Å²) in [6.07, 6.45) is 1.24. The Morgan fingerprint density at radius 1 is 1.17 bits per heavy atom. The lowest BCUT2D eigenvalue weighted by Crippen LogP contribution is -2.44. The Bertz CT molecular complexity index is 526. The van der Waals surface area contributed by atoms with Crippen LogP contribution in [0, 0.1) is 0 Å². The number of rotatable bonds is 1. The molecule has 0 bridgehead atoms. The molecule has 2 heterocycles. The van der Waals surface area contributed by atoms with Gasteiger partial charge in [0.2, 0.25) is 5.91 Å². The number of nitrogens with zero attached hydrogens (tertiary/aromatic N) is 2. The second kappa shape index (κ2) is 3.83. The number of benzene rings is 1. The van der Waals surface area contributed by atoms with Crippen LogP contribution in [-0.4, -0.2) is 35.8 Å². The Balaban J connectivity index is 1.98. The molecule has 0 aromatic heterocycles. The third kappa shape index (κ3) is 1.45. The minimum Gasteiger partial charge on any atom is -0.356 e. The van der Waals surface area contributed by atoms with E-state index in [2.05, 4.69) is 17.9 Å². The molecule has 4 nitrogen and oxygen atoms in total. The number of carbonyl (C=O) groups is 2. The molecule has 1 aromatic rings. The molecule has 2 aliphatic heterocycles. The van der Waals surface area contributed by atoms with E-state index in [0.29, 0.717) is 6.42 Å². The maximum Gasteiger partial charge on any atom is 0.252 e. The van der Waals surface area contributed by atoms with Gasteiger partial charge in [-0.15, -0.1) is 0 Å². The second-order valence-electron chi connectivity index (χ2n) is 5.10. The summed E-state index contributed by atoms with van der Waals surface area (Å²) in [5.74, 6) is -0.162. The van der Waals surface area contributed by atoms with Crippen molar-refractivity contribution in [3.63, 3.8) is 0 Å². The van der Waals surface area contributed by atoms with E-state index in [1.54, 1.807) is 7.05 Å². The van der Waals surface area contributed by atoms with E-state index in [1.165, 1.54) is 10.5 Å². The lowest BCUT2D eigenvalue weighted by atomic mass is 10.1. The molecule has 1 aromatic carbocycles. The van der Waals surface area contributed by atoms with Crippen LogP contribution in [-0.2, 0) is 16.0 Å². The van der Waals surface area contributed by atoms with Crippen molar-refractivity contribution in [3.8, 4) is 0 Å². The number of anilines is 1.